The van der Waals surface area contributed by atoms with Gasteiger partial charge in [0.2, 0.25) is 0 Å². The lowest BCUT2D eigenvalue weighted by molar-refractivity contribution is -0.357. The lowest BCUT2D eigenvalue weighted by Crippen LogP contribution is -2.70. The number of aliphatic hydroxyl groups is 1. The molecular formula is C31H42O5. The zero-order valence-corrected chi connectivity index (χ0v) is 22.4. The van der Waals surface area contributed by atoms with E-state index in [2.05, 4.69) is 39.0 Å². The lowest BCUT2D eigenvalue weighted by Gasteiger charge is -2.69. The Bertz CT molecular complexity index is 1100. The average Bonchev–Trinajstić information content (AvgIpc) is 3.15. The summed E-state index contributed by atoms with van der Waals surface area (Å²) in [5.74, 6) is 2.34. The van der Waals surface area contributed by atoms with Gasteiger partial charge >= 0.3 is 0 Å². The van der Waals surface area contributed by atoms with Gasteiger partial charge in [-0.2, -0.15) is 0 Å². The quantitative estimate of drug-likeness (QED) is 0.565. The topological polar surface area (TPSA) is 65.0 Å². The van der Waals surface area contributed by atoms with Gasteiger partial charge in [-0.3, -0.25) is 4.79 Å². The van der Waals surface area contributed by atoms with Gasteiger partial charge in [-0.25, -0.2) is 0 Å². The van der Waals surface area contributed by atoms with Crippen LogP contribution in [0.5, 0.6) is 5.75 Å². The number of fused-ring (bicyclic) bond motifs is 4. The molecule has 0 aromatic heterocycles. The standard InChI is InChI=1S/C31H42O5/c1-27(2)17-35-31(36-18-27)12-11-29-14-19-13-20(34-4)5-6-21(19)23-15-28(3)24(7-8-25(28)32)22(26(23)29)9-10-30(29,33)16-31/h5-6,13,22-24,26,33H,7-12,14-18H2,1-4H3/t22-,23?,24+,26?,28-,29-,30+/m0/s1. The van der Waals surface area contributed by atoms with Gasteiger partial charge in [0.15, 0.2) is 5.79 Å². The molecule has 5 fully saturated rings. The number of Topliss-reactive ketones (excluding diaryl/α,β-unsaturated/α-hetero) is 1. The van der Waals surface area contributed by atoms with Crippen LogP contribution in [0.3, 0.4) is 0 Å². The van der Waals surface area contributed by atoms with Crippen LogP contribution in [0.25, 0.3) is 0 Å². The van der Waals surface area contributed by atoms with Gasteiger partial charge in [-0.05, 0) is 85.5 Å². The van der Waals surface area contributed by atoms with Crippen molar-refractivity contribution in [3.63, 3.8) is 0 Å². The Hall–Kier alpha value is -1.43. The highest BCUT2D eigenvalue weighted by Gasteiger charge is 2.72. The normalized spacial score (nSPS) is 45.9. The van der Waals surface area contributed by atoms with Crippen LogP contribution in [-0.2, 0) is 20.7 Å². The monoisotopic (exact) mass is 494 g/mol. The maximum atomic E-state index is 13.3. The molecule has 196 valence electrons. The number of carbonyl (C=O) groups excluding carboxylic acids is 1. The predicted molar refractivity (Wildman–Crippen MR) is 136 cm³/mol. The first-order valence-corrected chi connectivity index (χ1v) is 14.2. The first-order valence-electron chi connectivity index (χ1n) is 14.2. The van der Waals surface area contributed by atoms with Gasteiger partial charge in [0, 0.05) is 35.5 Å². The fraction of sp³-hybridized carbons (Fsp3) is 0.774. The van der Waals surface area contributed by atoms with Gasteiger partial charge in [-0.15, -0.1) is 0 Å². The van der Waals surface area contributed by atoms with Crippen molar-refractivity contribution in [2.45, 2.75) is 95.9 Å². The molecule has 5 nitrogen and oxygen atoms in total. The summed E-state index contributed by atoms with van der Waals surface area (Å²) in [5.41, 5.74) is 1.45. The third-order valence-corrected chi connectivity index (χ3v) is 11.9. The summed E-state index contributed by atoms with van der Waals surface area (Å²) in [6.07, 6.45) is 7.64. The van der Waals surface area contributed by atoms with Crippen LogP contribution in [-0.4, -0.2) is 42.6 Å². The molecule has 1 aliphatic heterocycles. The van der Waals surface area contributed by atoms with Crippen molar-refractivity contribution < 1.29 is 24.1 Å². The number of carbonyl (C=O) groups is 1. The Morgan fingerprint density at radius 1 is 1.06 bits per heavy atom. The van der Waals surface area contributed by atoms with E-state index >= 15 is 0 Å². The largest absolute Gasteiger partial charge is 0.497 e. The molecule has 0 amide bonds. The van der Waals surface area contributed by atoms with Gasteiger partial charge in [0.1, 0.15) is 11.5 Å². The Balaban J connectivity index is 1.34. The first kappa shape index (κ1) is 23.7. The van der Waals surface area contributed by atoms with E-state index in [0.717, 1.165) is 57.1 Å². The third kappa shape index (κ3) is 2.97. The Labute approximate surface area is 215 Å². The van der Waals surface area contributed by atoms with Crippen LogP contribution in [0.15, 0.2) is 18.2 Å². The second-order valence-corrected chi connectivity index (χ2v) is 14.3. The van der Waals surface area contributed by atoms with E-state index < -0.39 is 11.4 Å². The molecule has 2 spiro atoms. The molecule has 1 saturated heterocycles. The smallest absolute Gasteiger partial charge is 0.171 e. The van der Waals surface area contributed by atoms with Crippen LogP contribution < -0.4 is 4.74 Å². The molecule has 6 aliphatic rings. The second-order valence-electron chi connectivity index (χ2n) is 14.3. The van der Waals surface area contributed by atoms with Crippen molar-refractivity contribution in [3.05, 3.63) is 29.3 Å². The minimum atomic E-state index is -0.830. The highest BCUT2D eigenvalue weighted by molar-refractivity contribution is 5.87. The van der Waals surface area contributed by atoms with E-state index in [4.69, 9.17) is 14.2 Å². The number of methoxy groups -OCH3 is 1. The summed E-state index contributed by atoms with van der Waals surface area (Å²) in [6.45, 7) is 7.97. The summed E-state index contributed by atoms with van der Waals surface area (Å²) < 4.78 is 18.6. The number of ketones is 1. The molecule has 1 aromatic carbocycles. The van der Waals surface area contributed by atoms with E-state index in [1.165, 1.54) is 11.1 Å². The van der Waals surface area contributed by atoms with Crippen LogP contribution in [0.2, 0.25) is 0 Å². The van der Waals surface area contributed by atoms with E-state index in [1.54, 1.807) is 7.11 Å². The molecule has 5 aliphatic carbocycles. The van der Waals surface area contributed by atoms with Crippen LogP contribution >= 0.6 is 0 Å². The zero-order chi connectivity index (χ0) is 25.1. The van der Waals surface area contributed by atoms with Crippen molar-refractivity contribution in [2.75, 3.05) is 20.3 Å². The summed E-state index contributed by atoms with van der Waals surface area (Å²) in [7, 11) is 1.73. The third-order valence-electron chi connectivity index (χ3n) is 11.9. The average molecular weight is 495 g/mol. The number of benzene rings is 1. The summed E-state index contributed by atoms with van der Waals surface area (Å²) >= 11 is 0. The molecule has 2 unspecified atom stereocenters. The number of hydrogen-bond acceptors (Lipinski definition) is 5. The zero-order valence-electron chi connectivity index (χ0n) is 22.4. The fourth-order valence-corrected chi connectivity index (χ4v) is 10.2. The molecule has 1 aromatic rings. The Kier molecular flexibility index (Phi) is 4.84. The van der Waals surface area contributed by atoms with Crippen molar-refractivity contribution in [3.8, 4) is 5.75 Å². The fourth-order valence-electron chi connectivity index (χ4n) is 10.2. The first-order chi connectivity index (χ1) is 17.0. The Morgan fingerprint density at radius 3 is 2.58 bits per heavy atom. The molecule has 4 saturated carbocycles. The maximum absolute atomic E-state index is 13.3. The van der Waals surface area contributed by atoms with E-state index in [-0.39, 0.29) is 16.2 Å². The minimum Gasteiger partial charge on any atom is -0.497 e. The van der Waals surface area contributed by atoms with Gasteiger partial charge in [-0.1, -0.05) is 26.8 Å². The van der Waals surface area contributed by atoms with E-state index in [1.807, 2.05) is 0 Å². The molecule has 0 radical (unpaired) electrons. The molecule has 0 bridgehead atoms. The van der Waals surface area contributed by atoms with Crippen molar-refractivity contribution in [1.82, 2.24) is 0 Å². The number of rotatable bonds is 1. The molecule has 1 N–H and O–H groups in total. The molecule has 7 atom stereocenters. The van der Waals surface area contributed by atoms with E-state index in [9.17, 15) is 9.90 Å². The SMILES string of the molecule is COc1ccc2c(c1)C[C@]13CCC4(C[C@]1(O)CC[C@@H]1C3C2C[C@]2(C)C(=O)CC[C@H]12)OCC(C)(C)CO4. The van der Waals surface area contributed by atoms with Crippen molar-refractivity contribution in [2.24, 2.45) is 34.0 Å². The highest BCUT2D eigenvalue weighted by atomic mass is 16.7. The van der Waals surface area contributed by atoms with E-state index in [0.29, 0.717) is 49.1 Å². The number of ether oxygens (including phenoxy) is 3. The van der Waals surface area contributed by atoms with Crippen molar-refractivity contribution in [1.29, 1.82) is 0 Å². The van der Waals surface area contributed by atoms with Crippen molar-refractivity contribution >= 4 is 5.78 Å². The molecule has 7 rings (SSSR count). The summed E-state index contributed by atoms with van der Waals surface area (Å²) in [5, 5.41) is 12.7. The Morgan fingerprint density at radius 2 is 1.83 bits per heavy atom. The summed E-state index contributed by atoms with van der Waals surface area (Å²) in [6, 6.07) is 6.56. The second kappa shape index (κ2) is 7.36. The van der Waals surface area contributed by atoms with Crippen LogP contribution in [0.4, 0.5) is 0 Å². The number of hydrogen-bond donors (Lipinski definition) is 1. The predicted octanol–water partition coefficient (Wildman–Crippen LogP) is 5.42. The molecule has 36 heavy (non-hydrogen) atoms. The molecule has 5 heteroatoms. The summed E-state index contributed by atoms with van der Waals surface area (Å²) in [4.78, 5) is 13.3. The minimum absolute atomic E-state index is 0.00886. The molecular weight excluding hydrogens is 452 g/mol. The van der Waals surface area contributed by atoms with Gasteiger partial charge in [0.05, 0.1) is 25.9 Å². The van der Waals surface area contributed by atoms with Crippen LogP contribution in [0.1, 0.15) is 89.2 Å². The highest BCUT2D eigenvalue weighted by Crippen LogP contribution is 2.73. The van der Waals surface area contributed by atoms with Gasteiger partial charge < -0.3 is 19.3 Å². The maximum Gasteiger partial charge on any atom is 0.171 e. The van der Waals surface area contributed by atoms with Gasteiger partial charge in [0.25, 0.3) is 0 Å². The van der Waals surface area contributed by atoms with Crippen LogP contribution in [0, 0.1) is 34.0 Å². The lowest BCUT2D eigenvalue weighted by atomic mass is 9.37. The molecule has 1 heterocycles.